The summed E-state index contributed by atoms with van der Waals surface area (Å²) in [5.74, 6) is 0.0428. The molecular formula is C23H20N2O3. The van der Waals surface area contributed by atoms with Gasteiger partial charge in [0.1, 0.15) is 6.54 Å². The second-order valence-electron chi connectivity index (χ2n) is 6.60. The summed E-state index contributed by atoms with van der Waals surface area (Å²) in [5.41, 5.74) is 2.62. The van der Waals surface area contributed by atoms with Gasteiger partial charge >= 0.3 is 5.97 Å². The van der Waals surface area contributed by atoms with Gasteiger partial charge in [-0.05, 0) is 29.8 Å². The van der Waals surface area contributed by atoms with Crippen LogP contribution in [0.5, 0.6) is 5.75 Å². The van der Waals surface area contributed by atoms with E-state index in [1.54, 1.807) is 15.9 Å². The Kier molecular flexibility index (Phi) is 5.06. The number of anilines is 2. The molecular weight excluding hydrogens is 352 g/mol. The molecule has 28 heavy (non-hydrogen) atoms. The topological polar surface area (TPSA) is 49.9 Å². The van der Waals surface area contributed by atoms with Gasteiger partial charge in [-0.3, -0.25) is 4.79 Å². The molecule has 0 unspecified atom stereocenters. The Morgan fingerprint density at radius 2 is 1.54 bits per heavy atom. The fraction of sp³-hybridized carbons (Fsp3) is 0.130. The fourth-order valence-electron chi connectivity index (χ4n) is 3.29. The largest absolute Gasteiger partial charge is 0.423 e. The highest BCUT2D eigenvalue weighted by molar-refractivity contribution is 5.98. The predicted octanol–water partition coefficient (Wildman–Crippen LogP) is 3.65. The lowest BCUT2D eigenvalue weighted by Gasteiger charge is -2.31. The van der Waals surface area contributed by atoms with Gasteiger partial charge in [0.2, 0.25) is 5.91 Å². The van der Waals surface area contributed by atoms with Crippen molar-refractivity contribution in [2.45, 2.75) is 6.54 Å². The molecule has 0 bridgehead atoms. The van der Waals surface area contributed by atoms with Gasteiger partial charge in [0.05, 0.1) is 18.8 Å². The molecule has 0 radical (unpaired) electrons. The van der Waals surface area contributed by atoms with Crippen LogP contribution in [-0.4, -0.2) is 25.0 Å². The summed E-state index contributed by atoms with van der Waals surface area (Å²) in [6.07, 6.45) is 0. The van der Waals surface area contributed by atoms with Crippen LogP contribution in [-0.2, 0) is 16.1 Å². The van der Waals surface area contributed by atoms with Crippen molar-refractivity contribution in [3.8, 4) is 5.75 Å². The maximum absolute atomic E-state index is 13.3. The molecule has 0 saturated carbocycles. The third-order valence-electron chi connectivity index (χ3n) is 4.63. The molecule has 0 fully saturated rings. The first-order chi connectivity index (χ1) is 13.7. The summed E-state index contributed by atoms with van der Waals surface area (Å²) >= 11 is 0. The second-order valence-corrected chi connectivity index (χ2v) is 6.60. The molecule has 5 heteroatoms. The molecule has 0 aliphatic carbocycles. The number of fused-ring (bicyclic) bond motifs is 1. The Hall–Kier alpha value is -3.60. The zero-order valence-electron chi connectivity index (χ0n) is 15.3. The molecule has 0 aromatic heterocycles. The molecule has 0 saturated heterocycles. The normalized spacial score (nSPS) is 12.9. The first-order valence-electron chi connectivity index (χ1n) is 9.15. The standard InChI is InChI=1S/C23H20N2O3/c26-22(16-24-17-23(27)28-21-14-8-7-13-20(21)24)25(19-11-5-2-6-12-19)15-18-9-3-1-4-10-18/h1-14H,15-17H2. The molecule has 0 N–H and O–H groups in total. The minimum atomic E-state index is -0.360. The molecule has 0 spiro atoms. The number of para-hydroxylation sites is 3. The van der Waals surface area contributed by atoms with Crippen LogP contribution in [0.4, 0.5) is 11.4 Å². The third kappa shape index (κ3) is 3.88. The number of rotatable bonds is 5. The Morgan fingerprint density at radius 1 is 0.893 bits per heavy atom. The highest BCUT2D eigenvalue weighted by Gasteiger charge is 2.27. The average molecular weight is 372 g/mol. The SMILES string of the molecule is O=C1CN(CC(=O)N(Cc2ccccc2)c2ccccc2)c2ccccc2O1. The number of hydrogen-bond donors (Lipinski definition) is 0. The fourth-order valence-corrected chi connectivity index (χ4v) is 3.29. The average Bonchev–Trinajstić information content (AvgIpc) is 2.73. The van der Waals surface area contributed by atoms with E-state index in [9.17, 15) is 9.59 Å². The van der Waals surface area contributed by atoms with Gasteiger partial charge < -0.3 is 14.5 Å². The molecule has 140 valence electrons. The lowest BCUT2D eigenvalue weighted by atomic mass is 10.2. The molecule has 4 rings (SSSR count). The second kappa shape index (κ2) is 7.96. The zero-order valence-corrected chi connectivity index (χ0v) is 15.3. The summed E-state index contributed by atoms with van der Waals surface area (Å²) in [6.45, 7) is 0.605. The van der Waals surface area contributed by atoms with E-state index >= 15 is 0 Å². The predicted molar refractivity (Wildman–Crippen MR) is 108 cm³/mol. The summed E-state index contributed by atoms with van der Waals surface area (Å²) in [6, 6.07) is 26.7. The number of carbonyl (C=O) groups is 2. The van der Waals surface area contributed by atoms with E-state index in [-0.39, 0.29) is 25.0 Å². The minimum absolute atomic E-state index is 0.0523. The van der Waals surface area contributed by atoms with Crippen molar-refractivity contribution in [1.82, 2.24) is 0 Å². The van der Waals surface area contributed by atoms with Crippen molar-refractivity contribution in [2.75, 3.05) is 22.9 Å². The summed E-state index contributed by atoms with van der Waals surface area (Å²) in [5, 5.41) is 0. The van der Waals surface area contributed by atoms with Crippen LogP contribution in [0.2, 0.25) is 0 Å². The van der Waals surface area contributed by atoms with Crippen LogP contribution in [0.25, 0.3) is 0 Å². The van der Waals surface area contributed by atoms with Crippen molar-refractivity contribution in [3.63, 3.8) is 0 Å². The Labute approximate surface area is 163 Å². The monoisotopic (exact) mass is 372 g/mol. The van der Waals surface area contributed by atoms with E-state index in [4.69, 9.17) is 4.74 Å². The number of hydrogen-bond acceptors (Lipinski definition) is 4. The zero-order chi connectivity index (χ0) is 19.3. The molecule has 5 nitrogen and oxygen atoms in total. The van der Waals surface area contributed by atoms with Gasteiger partial charge in [0.15, 0.2) is 5.75 Å². The molecule has 0 atom stereocenters. The number of carbonyl (C=O) groups excluding carboxylic acids is 2. The molecule has 1 heterocycles. The van der Waals surface area contributed by atoms with Crippen LogP contribution in [0.15, 0.2) is 84.9 Å². The van der Waals surface area contributed by atoms with Crippen molar-refractivity contribution < 1.29 is 14.3 Å². The first-order valence-corrected chi connectivity index (χ1v) is 9.15. The highest BCUT2D eigenvalue weighted by Crippen LogP contribution is 2.31. The summed E-state index contributed by atoms with van der Waals surface area (Å²) in [4.78, 5) is 28.7. The van der Waals surface area contributed by atoms with Crippen LogP contribution < -0.4 is 14.5 Å². The van der Waals surface area contributed by atoms with Crippen LogP contribution >= 0.6 is 0 Å². The van der Waals surface area contributed by atoms with Gasteiger partial charge in [-0.15, -0.1) is 0 Å². The van der Waals surface area contributed by atoms with Gasteiger partial charge in [0.25, 0.3) is 0 Å². The van der Waals surface area contributed by atoms with Gasteiger partial charge in [0, 0.05) is 5.69 Å². The maximum Gasteiger partial charge on any atom is 0.331 e. The number of benzene rings is 3. The quantitative estimate of drug-likeness (QED) is 0.507. The molecule has 3 aromatic carbocycles. The van der Waals surface area contributed by atoms with Crippen LogP contribution in [0.3, 0.4) is 0 Å². The molecule has 1 amide bonds. The van der Waals surface area contributed by atoms with E-state index < -0.39 is 0 Å². The lowest BCUT2D eigenvalue weighted by molar-refractivity contribution is -0.133. The summed E-state index contributed by atoms with van der Waals surface area (Å²) in [7, 11) is 0. The molecule has 1 aliphatic rings. The van der Waals surface area contributed by atoms with Crippen molar-refractivity contribution >= 4 is 23.3 Å². The number of esters is 1. The van der Waals surface area contributed by atoms with Gasteiger partial charge in [-0.25, -0.2) is 4.79 Å². The highest BCUT2D eigenvalue weighted by atomic mass is 16.5. The van der Waals surface area contributed by atoms with Crippen LogP contribution in [0, 0.1) is 0 Å². The number of ether oxygens (including phenoxy) is 1. The van der Waals surface area contributed by atoms with Crippen molar-refractivity contribution in [1.29, 1.82) is 0 Å². The third-order valence-corrected chi connectivity index (χ3v) is 4.63. The maximum atomic E-state index is 13.3. The van der Waals surface area contributed by atoms with Crippen LogP contribution in [0.1, 0.15) is 5.56 Å². The Balaban J connectivity index is 1.60. The number of nitrogens with zero attached hydrogens (tertiary/aromatic N) is 2. The van der Waals surface area contributed by atoms with Gasteiger partial charge in [-0.2, -0.15) is 0 Å². The van der Waals surface area contributed by atoms with Crippen molar-refractivity contribution in [3.05, 3.63) is 90.5 Å². The Bertz CT molecular complexity index is 973. The lowest BCUT2D eigenvalue weighted by Crippen LogP contribution is -2.45. The first kappa shape index (κ1) is 17.8. The number of amides is 1. The van der Waals surface area contributed by atoms with Crippen molar-refractivity contribution in [2.24, 2.45) is 0 Å². The van der Waals surface area contributed by atoms with Gasteiger partial charge in [-0.1, -0.05) is 60.7 Å². The summed E-state index contributed by atoms with van der Waals surface area (Å²) < 4.78 is 5.28. The molecule has 1 aliphatic heterocycles. The van der Waals surface area contributed by atoms with E-state index in [1.807, 2.05) is 78.9 Å². The Morgan fingerprint density at radius 3 is 2.29 bits per heavy atom. The van der Waals surface area contributed by atoms with E-state index in [2.05, 4.69) is 0 Å². The molecule has 3 aromatic rings. The van der Waals surface area contributed by atoms with E-state index in [0.29, 0.717) is 12.3 Å². The smallest absolute Gasteiger partial charge is 0.331 e. The van der Waals surface area contributed by atoms with E-state index in [1.165, 1.54) is 0 Å². The van der Waals surface area contributed by atoms with E-state index in [0.717, 1.165) is 16.9 Å². The minimum Gasteiger partial charge on any atom is -0.423 e.